The maximum absolute atomic E-state index is 4.58. The van der Waals surface area contributed by atoms with Crippen LogP contribution >= 0.6 is 0 Å². The van der Waals surface area contributed by atoms with E-state index in [0.29, 0.717) is 6.04 Å². The van der Waals surface area contributed by atoms with Gasteiger partial charge in [0.1, 0.15) is 17.5 Å². The molecule has 4 nitrogen and oxygen atoms in total. The second kappa shape index (κ2) is 6.22. The van der Waals surface area contributed by atoms with Crippen LogP contribution in [0.25, 0.3) is 0 Å². The molecule has 106 valence electrons. The van der Waals surface area contributed by atoms with Crippen LogP contribution < -0.4 is 10.6 Å². The molecule has 0 amide bonds. The molecule has 2 rings (SSSR count). The van der Waals surface area contributed by atoms with Gasteiger partial charge in [0.15, 0.2) is 0 Å². The minimum Gasteiger partial charge on any atom is -0.370 e. The summed E-state index contributed by atoms with van der Waals surface area (Å²) in [4.78, 5) is 9.05. The van der Waals surface area contributed by atoms with E-state index in [4.69, 9.17) is 0 Å². The summed E-state index contributed by atoms with van der Waals surface area (Å²) in [6, 6.07) is 0.552. The average Bonchev–Trinajstić information content (AvgIpc) is 2.38. The first-order chi connectivity index (χ1) is 9.11. The Morgan fingerprint density at radius 3 is 2.47 bits per heavy atom. The highest BCUT2D eigenvalue weighted by Gasteiger charge is 2.22. The van der Waals surface area contributed by atoms with Crippen LogP contribution in [-0.4, -0.2) is 22.6 Å². The van der Waals surface area contributed by atoms with E-state index < -0.39 is 0 Å². The zero-order chi connectivity index (χ0) is 13.8. The number of aryl methyl sites for hydroxylation is 1. The Morgan fingerprint density at radius 1 is 1.11 bits per heavy atom. The summed E-state index contributed by atoms with van der Waals surface area (Å²) >= 11 is 0. The SMILES string of the molecule is CCNc1nc(C)nc(NC2CCCCC2C)c1C. The largest absolute Gasteiger partial charge is 0.370 e. The fraction of sp³-hybridized carbons (Fsp3) is 0.733. The molecule has 1 aliphatic rings. The molecule has 0 aromatic carbocycles. The van der Waals surface area contributed by atoms with Crippen LogP contribution in [-0.2, 0) is 0 Å². The van der Waals surface area contributed by atoms with Gasteiger partial charge in [0.05, 0.1) is 0 Å². The zero-order valence-corrected chi connectivity index (χ0v) is 12.6. The van der Waals surface area contributed by atoms with Crippen LogP contribution in [0.1, 0.15) is 50.9 Å². The maximum Gasteiger partial charge on any atom is 0.134 e. The fourth-order valence-electron chi connectivity index (χ4n) is 2.81. The van der Waals surface area contributed by atoms with E-state index in [2.05, 4.69) is 41.4 Å². The lowest BCUT2D eigenvalue weighted by atomic mass is 9.86. The quantitative estimate of drug-likeness (QED) is 0.871. The molecular formula is C15H26N4. The smallest absolute Gasteiger partial charge is 0.134 e. The van der Waals surface area contributed by atoms with Crippen molar-refractivity contribution in [1.82, 2.24) is 9.97 Å². The summed E-state index contributed by atoms with van der Waals surface area (Å²) in [6.07, 6.45) is 5.26. The number of rotatable bonds is 4. The first-order valence-corrected chi connectivity index (χ1v) is 7.47. The Labute approximate surface area is 116 Å². The summed E-state index contributed by atoms with van der Waals surface area (Å²) in [5.41, 5.74) is 1.13. The fourth-order valence-corrected chi connectivity index (χ4v) is 2.81. The molecule has 1 fully saturated rings. The van der Waals surface area contributed by atoms with Gasteiger partial charge in [0, 0.05) is 18.2 Å². The summed E-state index contributed by atoms with van der Waals surface area (Å²) in [7, 11) is 0. The van der Waals surface area contributed by atoms with Crippen LogP contribution in [0.2, 0.25) is 0 Å². The Bertz CT molecular complexity index is 430. The minimum atomic E-state index is 0.552. The van der Waals surface area contributed by atoms with E-state index in [9.17, 15) is 0 Å². The summed E-state index contributed by atoms with van der Waals surface area (Å²) in [5, 5.41) is 6.96. The van der Waals surface area contributed by atoms with Crippen molar-refractivity contribution in [2.75, 3.05) is 17.2 Å². The molecule has 1 aromatic heterocycles. The molecule has 0 aliphatic heterocycles. The van der Waals surface area contributed by atoms with Crippen molar-refractivity contribution in [3.05, 3.63) is 11.4 Å². The third-order valence-corrected chi connectivity index (χ3v) is 4.04. The van der Waals surface area contributed by atoms with Crippen LogP contribution in [0.4, 0.5) is 11.6 Å². The van der Waals surface area contributed by atoms with Crippen molar-refractivity contribution in [3.63, 3.8) is 0 Å². The number of hydrogen-bond donors (Lipinski definition) is 2. The highest BCUT2D eigenvalue weighted by atomic mass is 15.1. The van der Waals surface area contributed by atoms with Gasteiger partial charge in [-0.1, -0.05) is 19.8 Å². The molecule has 2 atom stereocenters. The van der Waals surface area contributed by atoms with Crippen LogP contribution in [0.5, 0.6) is 0 Å². The van der Waals surface area contributed by atoms with Crippen molar-refractivity contribution in [1.29, 1.82) is 0 Å². The van der Waals surface area contributed by atoms with Gasteiger partial charge in [0.2, 0.25) is 0 Å². The molecule has 19 heavy (non-hydrogen) atoms. The lowest BCUT2D eigenvalue weighted by Gasteiger charge is -2.30. The Kier molecular flexibility index (Phi) is 4.61. The maximum atomic E-state index is 4.58. The van der Waals surface area contributed by atoms with Crippen molar-refractivity contribution in [2.45, 2.75) is 59.4 Å². The molecule has 2 N–H and O–H groups in total. The number of nitrogens with one attached hydrogen (secondary N) is 2. The summed E-state index contributed by atoms with van der Waals surface area (Å²) in [5.74, 6) is 3.52. The van der Waals surface area contributed by atoms with Gasteiger partial charge in [-0.2, -0.15) is 0 Å². The molecule has 1 saturated carbocycles. The van der Waals surface area contributed by atoms with Gasteiger partial charge in [-0.25, -0.2) is 9.97 Å². The summed E-state index contributed by atoms with van der Waals surface area (Å²) in [6.45, 7) is 9.36. The third-order valence-electron chi connectivity index (χ3n) is 4.04. The molecule has 1 aliphatic carbocycles. The van der Waals surface area contributed by atoms with Crippen molar-refractivity contribution in [2.24, 2.45) is 5.92 Å². The lowest BCUT2D eigenvalue weighted by molar-refractivity contribution is 0.349. The molecule has 0 spiro atoms. The van der Waals surface area contributed by atoms with Gasteiger partial charge in [-0.3, -0.25) is 0 Å². The highest BCUT2D eigenvalue weighted by molar-refractivity contribution is 5.57. The molecule has 0 radical (unpaired) electrons. The minimum absolute atomic E-state index is 0.552. The topological polar surface area (TPSA) is 49.8 Å². The number of nitrogens with zero attached hydrogens (tertiary/aromatic N) is 2. The monoisotopic (exact) mass is 262 g/mol. The van der Waals surface area contributed by atoms with Crippen molar-refractivity contribution >= 4 is 11.6 Å². The summed E-state index contributed by atoms with van der Waals surface area (Å²) < 4.78 is 0. The van der Waals surface area contributed by atoms with Crippen LogP contribution in [0.15, 0.2) is 0 Å². The number of aromatic nitrogens is 2. The number of anilines is 2. The van der Waals surface area contributed by atoms with E-state index in [-0.39, 0.29) is 0 Å². The van der Waals surface area contributed by atoms with Crippen molar-refractivity contribution in [3.8, 4) is 0 Å². The van der Waals surface area contributed by atoms with Gasteiger partial charge < -0.3 is 10.6 Å². The Balaban J connectivity index is 2.19. The molecule has 0 saturated heterocycles. The standard InChI is InChI=1S/C15H26N4/c1-5-16-14-11(3)15(18-12(4)17-14)19-13-9-7-6-8-10(13)2/h10,13H,5-9H2,1-4H3,(H2,16,17,18,19). The van der Waals surface area contributed by atoms with E-state index in [1.54, 1.807) is 0 Å². The van der Waals surface area contributed by atoms with Crippen molar-refractivity contribution < 1.29 is 0 Å². The van der Waals surface area contributed by atoms with E-state index in [0.717, 1.165) is 35.5 Å². The van der Waals surface area contributed by atoms with Gasteiger partial charge in [-0.05, 0) is 39.5 Å². The zero-order valence-electron chi connectivity index (χ0n) is 12.6. The Morgan fingerprint density at radius 2 is 1.79 bits per heavy atom. The van der Waals surface area contributed by atoms with E-state index in [1.165, 1.54) is 25.7 Å². The predicted octanol–water partition coefficient (Wildman–Crippen LogP) is 3.52. The third kappa shape index (κ3) is 3.37. The number of hydrogen-bond acceptors (Lipinski definition) is 4. The molecule has 1 aromatic rings. The normalized spacial score (nSPS) is 23.2. The molecule has 1 heterocycles. The van der Waals surface area contributed by atoms with Gasteiger partial charge in [-0.15, -0.1) is 0 Å². The molecule has 0 bridgehead atoms. The van der Waals surface area contributed by atoms with Crippen LogP contribution in [0, 0.1) is 19.8 Å². The molecular weight excluding hydrogens is 236 g/mol. The second-order valence-corrected chi connectivity index (χ2v) is 5.64. The van der Waals surface area contributed by atoms with Gasteiger partial charge >= 0.3 is 0 Å². The van der Waals surface area contributed by atoms with Gasteiger partial charge in [0.25, 0.3) is 0 Å². The second-order valence-electron chi connectivity index (χ2n) is 5.64. The first-order valence-electron chi connectivity index (χ1n) is 7.47. The first kappa shape index (κ1) is 14.1. The molecule has 4 heteroatoms. The Hall–Kier alpha value is -1.32. The highest BCUT2D eigenvalue weighted by Crippen LogP contribution is 2.28. The predicted molar refractivity (Wildman–Crippen MR) is 80.7 cm³/mol. The lowest BCUT2D eigenvalue weighted by Crippen LogP contribution is -2.31. The van der Waals surface area contributed by atoms with E-state index >= 15 is 0 Å². The van der Waals surface area contributed by atoms with Crippen LogP contribution in [0.3, 0.4) is 0 Å². The average molecular weight is 262 g/mol. The van der Waals surface area contributed by atoms with E-state index in [1.807, 2.05) is 6.92 Å². The molecule has 2 unspecified atom stereocenters.